The summed E-state index contributed by atoms with van der Waals surface area (Å²) in [7, 11) is 0. The first-order valence-electron chi connectivity index (χ1n) is 5.65. The molecule has 8 heteroatoms. The minimum absolute atomic E-state index is 0.0364. The first-order chi connectivity index (χ1) is 10.0. The Bertz CT molecular complexity index is 767. The molecule has 0 radical (unpaired) electrons. The first kappa shape index (κ1) is 14.0. The average molecular weight is 284 g/mol. The van der Waals surface area contributed by atoms with Crippen LogP contribution >= 0.6 is 0 Å². The molecule has 0 fully saturated rings. The molecule has 21 heavy (non-hydrogen) atoms. The maximum Gasteiger partial charge on any atom is 0.270 e. The van der Waals surface area contributed by atoms with E-state index in [-0.39, 0.29) is 28.3 Å². The molecule has 0 saturated heterocycles. The van der Waals surface area contributed by atoms with Gasteiger partial charge in [-0.3, -0.25) is 19.9 Å². The number of hydrogen-bond donors (Lipinski definition) is 2. The molecule has 0 aliphatic rings. The summed E-state index contributed by atoms with van der Waals surface area (Å²) in [5, 5.41) is 31.3. The third kappa shape index (κ3) is 3.10. The van der Waals surface area contributed by atoms with Crippen molar-refractivity contribution in [2.75, 3.05) is 5.32 Å². The molecule has 2 rings (SSSR count). The van der Waals surface area contributed by atoms with E-state index in [1.807, 2.05) is 0 Å². The maximum absolute atomic E-state index is 11.9. The number of carbonyl (C=O) groups excluding carboxylic acids is 1. The first-order valence-corrected chi connectivity index (χ1v) is 5.65. The Kier molecular flexibility index (Phi) is 3.76. The second kappa shape index (κ2) is 5.66. The summed E-state index contributed by atoms with van der Waals surface area (Å²) in [4.78, 5) is 25.6. The number of non-ortho nitro benzene ring substituents is 1. The van der Waals surface area contributed by atoms with Crippen LogP contribution < -0.4 is 5.32 Å². The average Bonchev–Trinajstić information content (AvgIpc) is 2.47. The zero-order valence-electron chi connectivity index (χ0n) is 10.5. The van der Waals surface area contributed by atoms with Crippen molar-refractivity contribution >= 4 is 17.3 Å². The number of amides is 1. The van der Waals surface area contributed by atoms with Gasteiger partial charge in [0.05, 0.1) is 27.9 Å². The second-order valence-corrected chi connectivity index (χ2v) is 3.98. The van der Waals surface area contributed by atoms with Gasteiger partial charge < -0.3 is 10.4 Å². The number of benzene rings is 1. The highest BCUT2D eigenvalue weighted by molar-refractivity contribution is 6.05. The molecule has 2 N–H and O–H groups in total. The van der Waals surface area contributed by atoms with Gasteiger partial charge in [0, 0.05) is 18.3 Å². The minimum Gasteiger partial charge on any atom is -0.506 e. The van der Waals surface area contributed by atoms with Crippen molar-refractivity contribution in [1.29, 1.82) is 5.26 Å². The number of nitro benzene ring substituents is 1. The Labute approximate surface area is 118 Å². The Morgan fingerprint density at radius 1 is 1.38 bits per heavy atom. The van der Waals surface area contributed by atoms with Gasteiger partial charge in [-0.25, -0.2) is 0 Å². The molecule has 0 unspecified atom stereocenters. The lowest BCUT2D eigenvalue weighted by Crippen LogP contribution is -2.13. The van der Waals surface area contributed by atoms with Gasteiger partial charge in [-0.05, 0) is 12.1 Å². The van der Waals surface area contributed by atoms with Gasteiger partial charge in [0.1, 0.15) is 11.8 Å². The standard InChI is InChI=1S/C13H8N4O4/c14-5-8-3-10(17(20)21)1-2-12(8)16-13(19)9-4-11(18)7-15-6-9/h1-4,6-7,18H,(H,16,19). The molecule has 1 aromatic heterocycles. The summed E-state index contributed by atoms with van der Waals surface area (Å²) < 4.78 is 0. The molecular formula is C13H8N4O4. The van der Waals surface area contributed by atoms with Gasteiger partial charge in [-0.15, -0.1) is 0 Å². The van der Waals surface area contributed by atoms with E-state index in [1.165, 1.54) is 30.6 Å². The van der Waals surface area contributed by atoms with Gasteiger partial charge in [0.15, 0.2) is 0 Å². The molecule has 8 nitrogen and oxygen atoms in total. The van der Waals surface area contributed by atoms with E-state index in [1.54, 1.807) is 6.07 Å². The van der Waals surface area contributed by atoms with Crippen molar-refractivity contribution in [3.05, 3.63) is 57.9 Å². The number of nitro groups is 1. The lowest BCUT2D eigenvalue weighted by atomic mass is 10.1. The van der Waals surface area contributed by atoms with Crippen LogP contribution in [0.5, 0.6) is 5.75 Å². The van der Waals surface area contributed by atoms with Crippen LogP contribution in [0.25, 0.3) is 0 Å². The summed E-state index contributed by atoms with van der Waals surface area (Å²) in [5.74, 6) is -0.768. The van der Waals surface area contributed by atoms with Crippen molar-refractivity contribution < 1.29 is 14.8 Å². The summed E-state index contributed by atoms with van der Waals surface area (Å²) in [6.45, 7) is 0. The number of nitrogens with one attached hydrogen (secondary N) is 1. The van der Waals surface area contributed by atoms with E-state index in [0.29, 0.717) is 0 Å². The SMILES string of the molecule is N#Cc1cc([N+](=O)[O-])ccc1NC(=O)c1cncc(O)c1. The lowest BCUT2D eigenvalue weighted by molar-refractivity contribution is -0.384. The molecule has 0 spiro atoms. The number of aromatic hydroxyl groups is 1. The van der Waals surface area contributed by atoms with Crippen LogP contribution in [0.15, 0.2) is 36.7 Å². The van der Waals surface area contributed by atoms with E-state index < -0.39 is 10.8 Å². The van der Waals surface area contributed by atoms with Crippen LogP contribution in [0.3, 0.4) is 0 Å². The monoisotopic (exact) mass is 284 g/mol. The van der Waals surface area contributed by atoms with Crippen molar-refractivity contribution in [2.24, 2.45) is 0 Å². The largest absolute Gasteiger partial charge is 0.506 e. The van der Waals surface area contributed by atoms with Crippen LogP contribution in [0.2, 0.25) is 0 Å². The molecule has 1 amide bonds. The third-order valence-corrected chi connectivity index (χ3v) is 2.57. The van der Waals surface area contributed by atoms with Gasteiger partial charge in [-0.1, -0.05) is 0 Å². The summed E-state index contributed by atoms with van der Waals surface area (Å²) >= 11 is 0. The number of rotatable bonds is 3. The molecule has 0 saturated carbocycles. The molecular weight excluding hydrogens is 276 g/mol. The lowest BCUT2D eigenvalue weighted by Gasteiger charge is -2.06. The van der Waals surface area contributed by atoms with Crippen LogP contribution in [0.1, 0.15) is 15.9 Å². The van der Waals surface area contributed by atoms with Crippen LogP contribution in [-0.2, 0) is 0 Å². The minimum atomic E-state index is -0.633. The van der Waals surface area contributed by atoms with Crippen molar-refractivity contribution in [3.63, 3.8) is 0 Å². The van der Waals surface area contributed by atoms with E-state index in [9.17, 15) is 20.0 Å². The summed E-state index contributed by atoms with van der Waals surface area (Å²) in [6.07, 6.45) is 2.41. The number of nitrogens with zero attached hydrogens (tertiary/aromatic N) is 3. The number of anilines is 1. The van der Waals surface area contributed by atoms with Crippen LogP contribution in [0, 0.1) is 21.4 Å². The molecule has 0 aliphatic heterocycles. The number of hydrogen-bond acceptors (Lipinski definition) is 6. The zero-order valence-corrected chi connectivity index (χ0v) is 10.5. The van der Waals surface area contributed by atoms with Gasteiger partial charge in [0.2, 0.25) is 0 Å². The van der Waals surface area contributed by atoms with E-state index in [2.05, 4.69) is 10.3 Å². The smallest absolute Gasteiger partial charge is 0.270 e. The number of aromatic nitrogens is 1. The topological polar surface area (TPSA) is 129 Å². The quantitative estimate of drug-likeness (QED) is 0.653. The van der Waals surface area contributed by atoms with Crippen LogP contribution in [-0.4, -0.2) is 20.9 Å². The van der Waals surface area contributed by atoms with Crippen LogP contribution in [0.4, 0.5) is 11.4 Å². The fraction of sp³-hybridized carbons (Fsp3) is 0. The highest BCUT2D eigenvalue weighted by Crippen LogP contribution is 2.22. The van der Waals surface area contributed by atoms with Crippen molar-refractivity contribution in [1.82, 2.24) is 4.98 Å². The molecule has 1 heterocycles. The number of nitriles is 1. The van der Waals surface area contributed by atoms with Crippen molar-refractivity contribution in [2.45, 2.75) is 0 Å². The highest BCUT2D eigenvalue weighted by atomic mass is 16.6. The molecule has 0 atom stereocenters. The molecule has 0 aliphatic carbocycles. The number of carbonyl (C=O) groups is 1. The summed E-state index contributed by atoms with van der Waals surface area (Å²) in [5.41, 5.74) is -0.0529. The molecule has 0 bridgehead atoms. The highest BCUT2D eigenvalue weighted by Gasteiger charge is 2.14. The fourth-order valence-corrected chi connectivity index (χ4v) is 1.59. The normalized spacial score (nSPS) is 9.67. The maximum atomic E-state index is 11.9. The Morgan fingerprint density at radius 2 is 2.14 bits per heavy atom. The summed E-state index contributed by atoms with van der Waals surface area (Å²) in [6, 6.07) is 6.50. The molecule has 1 aromatic carbocycles. The van der Waals surface area contributed by atoms with E-state index in [4.69, 9.17) is 5.26 Å². The van der Waals surface area contributed by atoms with E-state index in [0.717, 1.165) is 6.07 Å². The number of pyridine rings is 1. The Morgan fingerprint density at radius 3 is 2.76 bits per heavy atom. The molecule has 104 valence electrons. The van der Waals surface area contributed by atoms with Gasteiger partial charge in [-0.2, -0.15) is 5.26 Å². The van der Waals surface area contributed by atoms with Gasteiger partial charge >= 0.3 is 0 Å². The zero-order chi connectivity index (χ0) is 15.4. The van der Waals surface area contributed by atoms with Gasteiger partial charge in [0.25, 0.3) is 11.6 Å². The van der Waals surface area contributed by atoms with E-state index >= 15 is 0 Å². The van der Waals surface area contributed by atoms with Crippen molar-refractivity contribution in [3.8, 4) is 11.8 Å². The molecule has 2 aromatic rings. The predicted molar refractivity (Wildman–Crippen MR) is 71.7 cm³/mol. The predicted octanol–water partition coefficient (Wildman–Crippen LogP) is 1.82. The Hall–Kier alpha value is -3.47. The Balaban J connectivity index is 2.29. The fourth-order valence-electron chi connectivity index (χ4n) is 1.59. The second-order valence-electron chi connectivity index (χ2n) is 3.98. The third-order valence-electron chi connectivity index (χ3n) is 2.57.